The van der Waals surface area contributed by atoms with Crippen LogP contribution in [-0.4, -0.2) is 55.5 Å². The lowest BCUT2D eigenvalue weighted by Crippen LogP contribution is -2.55. The molecule has 1 saturated heterocycles. The Hall–Kier alpha value is -2.17. The second-order valence-corrected chi connectivity index (χ2v) is 6.86. The van der Waals surface area contributed by atoms with Crippen LogP contribution in [0.5, 0.6) is 0 Å². The number of nitrogens with zero attached hydrogens (tertiary/aromatic N) is 2. The first-order valence-corrected chi connectivity index (χ1v) is 9.41. The molecule has 0 aliphatic carbocycles. The van der Waals surface area contributed by atoms with Gasteiger partial charge in [-0.3, -0.25) is 4.79 Å². The molecule has 0 atom stereocenters. The molecule has 1 aliphatic rings. The highest BCUT2D eigenvalue weighted by Gasteiger charge is 2.46. The van der Waals surface area contributed by atoms with Crippen molar-refractivity contribution >= 4 is 5.91 Å². The Morgan fingerprint density at radius 3 is 1.88 bits per heavy atom. The van der Waals surface area contributed by atoms with Crippen LogP contribution in [0.4, 0.5) is 0 Å². The average Bonchev–Trinajstić information content (AvgIpc) is 2.70. The predicted octanol–water partition coefficient (Wildman–Crippen LogP) is 3.13. The van der Waals surface area contributed by atoms with Crippen LogP contribution < -0.4 is 0 Å². The minimum atomic E-state index is -1.09. The molecule has 0 saturated carbocycles. The van der Waals surface area contributed by atoms with Gasteiger partial charge in [0.2, 0.25) is 0 Å². The minimum Gasteiger partial charge on any atom is -0.356 e. The molecule has 0 aromatic heterocycles. The van der Waals surface area contributed by atoms with Crippen molar-refractivity contribution in [1.82, 2.24) is 9.80 Å². The number of benzene rings is 2. The van der Waals surface area contributed by atoms with E-state index >= 15 is 0 Å². The van der Waals surface area contributed by atoms with Gasteiger partial charge in [-0.05, 0) is 24.6 Å². The van der Waals surface area contributed by atoms with Gasteiger partial charge in [0.1, 0.15) is 0 Å². The SMILES string of the molecule is CCCOC(C(=O)N1CCN(C)CC1)(c1ccccc1)c1ccccc1. The van der Waals surface area contributed by atoms with E-state index in [2.05, 4.69) is 18.9 Å². The number of rotatable bonds is 6. The Labute approximate surface area is 156 Å². The van der Waals surface area contributed by atoms with Gasteiger partial charge in [0.15, 0.2) is 5.60 Å². The van der Waals surface area contributed by atoms with E-state index in [1.165, 1.54) is 0 Å². The van der Waals surface area contributed by atoms with Crippen LogP contribution in [-0.2, 0) is 15.1 Å². The Morgan fingerprint density at radius 1 is 0.923 bits per heavy atom. The zero-order chi connectivity index (χ0) is 18.4. The molecule has 1 fully saturated rings. The van der Waals surface area contributed by atoms with Gasteiger partial charge >= 0.3 is 0 Å². The zero-order valence-corrected chi connectivity index (χ0v) is 15.7. The second kappa shape index (κ2) is 8.47. The first kappa shape index (κ1) is 18.6. The largest absolute Gasteiger partial charge is 0.356 e. The summed E-state index contributed by atoms with van der Waals surface area (Å²) in [6, 6.07) is 19.8. The maximum Gasteiger partial charge on any atom is 0.264 e. The Balaban J connectivity index is 2.08. The summed E-state index contributed by atoms with van der Waals surface area (Å²) in [6.45, 7) is 5.83. The van der Waals surface area contributed by atoms with E-state index in [9.17, 15) is 4.79 Å². The summed E-state index contributed by atoms with van der Waals surface area (Å²) in [7, 11) is 2.09. The fraction of sp³-hybridized carbons (Fsp3) is 0.409. The molecular formula is C22H28N2O2. The molecule has 0 spiro atoms. The van der Waals surface area contributed by atoms with Crippen molar-refractivity contribution in [3.63, 3.8) is 0 Å². The average molecular weight is 352 g/mol. The van der Waals surface area contributed by atoms with Crippen LogP contribution in [0.2, 0.25) is 0 Å². The van der Waals surface area contributed by atoms with E-state index in [0.717, 1.165) is 43.7 Å². The van der Waals surface area contributed by atoms with Crippen molar-refractivity contribution in [2.45, 2.75) is 18.9 Å². The number of likely N-dealkylation sites (N-methyl/N-ethyl adjacent to an activating group) is 1. The van der Waals surface area contributed by atoms with Crippen LogP contribution >= 0.6 is 0 Å². The van der Waals surface area contributed by atoms with E-state index in [4.69, 9.17) is 4.74 Å². The van der Waals surface area contributed by atoms with Crippen molar-refractivity contribution in [1.29, 1.82) is 0 Å². The molecule has 4 heteroatoms. The Morgan fingerprint density at radius 2 is 1.42 bits per heavy atom. The highest BCUT2D eigenvalue weighted by Crippen LogP contribution is 2.36. The fourth-order valence-electron chi connectivity index (χ4n) is 3.48. The zero-order valence-electron chi connectivity index (χ0n) is 15.7. The summed E-state index contributed by atoms with van der Waals surface area (Å²) in [5.41, 5.74) is 0.696. The van der Waals surface area contributed by atoms with Crippen molar-refractivity contribution in [3.05, 3.63) is 71.8 Å². The summed E-state index contributed by atoms with van der Waals surface area (Å²) in [4.78, 5) is 18.0. The maximum atomic E-state index is 13.8. The number of carbonyl (C=O) groups is 1. The van der Waals surface area contributed by atoms with Crippen molar-refractivity contribution < 1.29 is 9.53 Å². The number of amides is 1. The van der Waals surface area contributed by atoms with E-state index in [1.54, 1.807) is 0 Å². The molecule has 0 bridgehead atoms. The number of piperazine rings is 1. The topological polar surface area (TPSA) is 32.8 Å². The van der Waals surface area contributed by atoms with E-state index in [1.807, 2.05) is 65.6 Å². The summed E-state index contributed by atoms with van der Waals surface area (Å²) in [5, 5.41) is 0. The van der Waals surface area contributed by atoms with Crippen molar-refractivity contribution in [2.24, 2.45) is 0 Å². The summed E-state index contributed by atoms with van der Waals surface area (Å²) >= 11 is 0. The lowest BCUT2D eigenvalue weighted by atomic mass is 9.84. The maximum absolute atomic E-state index is 13.8. The number of ether oxygens (including phenoxy) is 1. The molecular weight excluding hydrogens is 324 g/mol. The third-order valence-electron chi connectivity index (χ3n) is 4.97. The summed E-state index contributed by atoms with van der Waals surface area (Å²) < 4.78 is 6.39. The molecule has 0 radical (unpaired) electrons. The lowest BCUT2D eigenvalue weighted by Gasteiger charge is -2.41. The monoisotopic (exact) mass is 352 g/mol. The van der Waals surface area contributed by atoms with Gasteiger partial charge in [-0.1, -0.05) is 67.6 Å². The molecule has 0 N–H and O–H groups in total. The van der Waals surface area contributed by atoms with Crippen LogP contribution in [0.3, 0.4) is 0 Å². The fourth-order valence-corrected chi connectivity index (χ4v) is 3.48. The molecule has 1 heterocycles. The van der Waals surface area contributed by atoms with Crippen LogP contribution in [0, 0.1) is 0 Å². The van der Waals surface area contributed by atoms with Crippen molar-refractivity contribution in [2.75, 3.05) is 39.8 Å². The van der Waals surface area contributed by atoms with Crippen molar-refractivity contribution in [3.8, 4) is 0 Å². The normalized spacial score (nSPS) is 15.8. The van der Waals surface area contributed by atoms with Gasteiger partial charge in [-0.2, -0.15) is 0 Å². The minimum absolute atomic E-state index is 0.0384. The second-order valence-electron chi connectivity index (χ2n) is 6.86. The molecule has 26 heavy (non-hydrogen) atoms. The van der Waals surface area contributed by atoms with Gasteiger partial charge in [-0.15, -0.1) is 0 Å². The van der Waals surface area contributed by atoms with E-state index in [0.29, 0.717) is 6.61 Å². The van der Waals surface area contributed by atoms with E-state index < -0.39 is 5.60 Å². The summed E-state index contributed by atoms with van der Waals surface area (Å²) in [5.74, 6) is 0.0384. The number of hydrogen-bond acceptors (Lipinski definition) is 3. The quantitative estimate of drug-likeness (QED) is 0.801. The van der Waals surface area contributed by atoms with Gasteiger partial charge in [0.05, 0.1) is 0 Å². The van der Waals surface area contributed by atoms with Crippen LogP contribution in [0.15, 0.2) is 60.7 Å². The van der Waals surface area contributed by atoms with Gasteiger partial charge < -0.3 is 14.5 Å². The molecule has 2 aromatic carbocycles. The molecule has 4 nitrogen and oxygen atoms in total. The standard InChI is InChI=1S/C22H28N2O2/c1-3-18-26-22(19-10-6-4-7-11-19,20-12-8-5-9-13-20)21(25)24-16-14-23(2)15-17-24/h4-13H,3,14-18H2,1-2H3. The van der Waals surface area contributed by atoms with Gasteiger partial charge in [0, 0.05) is 32.8 Å². The third kappa shape index (κ3) is 3.67. The Bertz CT molecular complexity index is 655. The van der Waals surface area contributed by atoms with Crippen LogP contribution in [0.1, 0.15) is 24.5 Å². The highest BCUT2D eigenvalue weighted by molar-refractivity contribution is 5.90. The van der Waals surface area contributed by atoms with Gasteiger partial charge in [0.25, 0.3) is 5.91 Å². The first-order chi connectivity index (χ1) is 12.7. The molecule has 3 rings (SSSR count). The molecule has 2 aromatic rings. The first-order valence-electron chi connectivity index (χ1n) is 9.41. The molecule has 1 amide bonds. The predicted molar refractivity (Wildman–Crippen MR) is 104 cm³/mol. The lowest BCUT2D eigenvalue weighted by molar-refractivity contribution is -0.156. The number of carbonyl (C=O) groups excluding carboxylic acids is 1. The molecule has 0 unspecified atom stereocenters. The number of hydrogen-bond donors (Lipinski definition) is 0. The smallest absolute Gasteiger partial charge is 0.264 e. The third-order valence-corrected chi connectivity index (χ3v) is 4.97. The molecule has 1 aliphatic heterocycles. The summed E-state index contributed by atoms with van der Waals surface area (Å²) in [6.07, 6.45) is 0.859. The van der Waals surface area contributed by atoms with E-state index in [-0.39, 0.29) is 5.91 Å². The highest BCUT2D eigenvalue weighted by atomic mass is 16.5. The molecule has 138 valence electrons. The van der Waals surface area contributed by atoms with Crippen LogP contribution in [0.25, 0.3) is 0 Å². The van der Waals surface area contributed by atoms with Gasteiger partial charge in [-0.25, -0.2) is 0 Å². The Kier molecular flexibility index (Phi) is 6.07.